The maximum Gasteiger partial charge on any atom is 0.230 e. The van der Waals surface area contributed by atoms with Crippen LogP contribution in [0.5, 0.6) is 0 Å². The van der Waals surface area contributed by atoms with Gasteiger partial charge in [0, 0.05) is 6.20 Å². The molecule has 0 saturated heterocycles. The fraction of sp³-hybridized carbons (Fsp3) is 0.375. The predicted octanol–water partition coefficient (Wildman–Crippen LogP) is 2.54. The highest BCUT2D eigenvalue weighted by molar-refractivity contribution is 5.88. The monoisotopic (exact) mass is 269 g/mol. The third kappa shape index (κ3) is 2.33. The lowest BCUT2D eigenvalue weighted by Gasteiger charge is -2.28. The maximum atomic E-state index is 12.7. The number of amides is 1. The van der Waals surface area contributed by atoms with Crippen LogP contribution >= 0.6 is 0 Å². The van der Waals surface area contributed by atoms with E-state index in [0.29, 0.717) is 6.54 Å². The van der Waals surface area contributed by atoms with Crippen molar-refractivity contribution < 1.29 is 4.79 Å². The first kappa shape index (κ1) is 12.9. The smallest absolute Gasteiger partial charge is 0.230 e. The molecule has 4 heteroatoms. The summed E-state index contributed by atoms with van der Waals surface area (Å²) in [6.45, 7) is 0.507. The van der Waals surface area contributed by atoms with Crippen molar-refractivity contribution in [2.24, 2.45) is 0 Å². The summed E-state index contributed by atoms with van der Waals surface area (Å²) in [5, 5.41) is 9.82. The number of hydrogen-bond acceptors (Lipinski definition) is 2. The lowest BCUT2D eigenvalue weighted by Crippen LogP contribution is -2.42. The second kappa shape index (κ2) is 5.49. The molecule has 2 N–H and O–H groups in total. The standard InChI is InChI=1S/C16H19N3O/c20-15(17-12-14-8-11-18-19-14)16(9-4-5-10-16)13-6-2-1-3-7-13/h1-3,6-8,11H,4-5,9-10,12H2,(H,17,20)(H,18,19). The third-order valence-electron chi connectivity index (χ3n) is 4.22. The van der Waals surface area contributed by atoms with Gasteiger partial charge in [0.25, 0.3) is 0 Å². The van der Waals surface area contributed by atoms with Crippen molar-refractivity contribution in [2.75, 3.05) is 0 Å². The van der Waals surface area contributed by atoms with Crippen molar-refractivity contribution in [1.82, 2.24) is 15.5 Å². The number of hydrogen-bond donors (Lipinski definition) is 2. The van der Waals surface area contributed by atoms with Crippen molar-refractivity contribution >= 4 is 5.91 Å². The number of carbonyl (C=O) groups excluding carboxylic acids is 1. The van der Waals surface area contributed by atoms with E-state index in [1.807, 2.05) is 24.3 Å². The molecule has 0 aliphatic heterocycles. The van der Waals surface area contributed by atoms with Gasteiger partial charge in [-0.05, 0) is 24.5 Å². The third-order valence-corrected chi connectivity index (χ3v) is 4.22. The molecule has 1 aliphatic carbocycles. The van der Waals surface area contributed by atoms with E-state index in [-0.39, 0.29) is 11.3 Å². The van der Waals surface area contributed by atoms with E-state index in [2.05, 4.69) is 27.6 Å². The first-order valence-electron chi connectivity index (χ1n) is 7.13. The van der Waals surface area contributed by atoms with Crippen LogP contribution in [0.3, 0.4) is 0 Å². The summed E-state index contributed by atoms with van der Waals surface area (Å²) < 4.78 is 0. The van der Waals surface area contributed by atoms with Crippen molar-refractivity contribution in [3.8, 4) is 0 Å². The van der Waals surface area contributed by atoms with Crippen LogP contribution in [0.25, 0.3) is 0 Å². The Morgan fingerprint density at radius 2 is 1.95 bits per heavy atom. The van der Waals surface area contributed by atoms with E-state index >= 15 is 0 Å². The van der Waals surface area contributed by atoms with Gasteiger partial charge in [-0.25, -0.2) is 0 Å². The van der Waals surface area contributed by atoms with Crippen LogP contribution in [0.4, 0.5) is 0 Å². The van der Waals surface area contributed by atoms with E-state index in [4.69, 9.17) is 0 Å². The van der Waals surface area contributed by atoms with Gasteiger partial charge in [-0.3, -0.25) is 9.89 Å². The second-order valence-electron chi connectivity index (χ2n) is 5.42. The first-order valence-corrected chi connectivity index (χ1v) is 7.13. The van der Waals surface area contributed by atoms with Gasteiger partial charge in [-0.1, -0.05) is 43.2 Å². The lowest BCUT2D eigenvalue weighted by molar-refractivity contribution is -0.126. The maximum absolute atomic E-state index is 12.7. The average Bonchev–Trinajstić information content (AvgIpc) is 3.18. The van der Waals surface area contributed by atoms with Gasteiger partial charge in [-0.2, -0.15) is 5.10 Å². The highest BCUT2D eigenvalue weighted by Crippen LogP contribution is 2.41. The van der Waals surface area contributed by atoms with E-state index in [1.165, 1.54) is 0 Å². The van der Waals surface area contributed by atoms with Crippen LogP contribution in [0.15, 0.2) is 42.6 Å². The van der Waals surface area contributed by atoms with Crippen molar-refractivity contribution in [2.45, 2.75) is 37.6 Å². The van der Waals surface area contributed by atoms with Crippen LogP contribution < -0.4 is 5.32 Å². The van der Waals surface area contributed by atoms with Gasteiger partial charge in [0.2, 0.25) is 5.91 Å². The summed E-state index contributed by atoms with van der Waals surface area (Å²) in [5.41, 5.74) is 1.72. The molecule has 1 aromatic heterocycles. The van der Waals surface area contributed by atoms with Crippen LogP contribution in [-0.2, 0) is 16.8 Å². The molecule has 1 fully saturated rings. The summed E-state index contributed by atoms with van der Waals surface area (Å²) in [7, 11) is 0. The summed E-state index contributed by atoms with van der Waals surface area (Å²) in [6, 6.07) is 12.0. The minimum absolute atomic E-state index is 0.135. The molecule has 4 nitrogen and oxygen atoms in total. The number of nitrogens with one attached hydrogen (secondary N) is 2. The molecule has 0 bridgehead atoms. The van der Waals surface area contributed by atoms with Crippen molar-refractivity contribution in [3.05, 3.63) is 53.9 Å². The second-order valence-corrected chi connectivity index (χ2v) is 5.42. The Bertz CT molecular complexity index is 557. The predicted molar refractivity (Wildman–Crippen MR) is 77.0 cm³/mol. The van der Waals surface area contributed by atoms with E-state index in [1.54, 1.807) is 6.20 Å². The zero-order chi connectivity index (χ0) is 13.8. The van der Waals surface area contributed by atoms with Crippen LogP contribution in [0, 0.1) is 0 Å². The van der Waals surface area contributed by atoms with Gasteiger partial charge in [0.1, 0.15) is 0 Å². The quantitative estimate of drug-likeness (QED) is 0.896. The lowest BCUT2D eigenvalue weighted by atomic mass is 9.78. The molecule has 0 atom stereocenters. The molecule has 1 aromatic carbocycles. The molecule has 3 rings (SSSR count). The van der Waals surface area contributed by atoms with E-state index in [0.717, 1.165) is 36.9 Å². The minimum atomic E-state index is -0.346. The number of benzene rings is 1. The minimum Gasteiger partial charge on any atom is -0.350 e. The Labute approximate surface area is 118 Å². The Kier molecular flexibility index (Phi) is 3.54. The van der Waals surface area contributed by atoms with Crippen LogP contribution in [0.2, 0.25) is 0 Å². The first-order chi connectivity index (χ1) is 9.81. The van der Waals surface area contributed by atoms with Gasteiger partial charge in [0.05, 0.1) is 17.7 Å². The van der Waals surface area contributed by atoms with E-state index in [9.17, 15) is 4.79 Å². The highest BCUT2D eigenvalue weighted by Gasteiger charge is 2.42. The summed E-state index contributed by atoms with van der Waals surface area (Å²) in [4.78, 5) is 12.7. The van der Waals surface area contributed by atoms with Gasteiger partial charge >= 0.3 is 0 Å². The molecule has 1 heterocycles. The SMILES string of the molecule is O=C(NCc1ccn[nH]1)C1(c2ccccc2)CCCC1. The van der Waals surface area contributed by atoms with Crippen molar-refractivity contribution in [3.63, 3.8) is 0 Å². The number of H-pyrrole nitrogens is 1. The molecular formula is C16H19N3O. The molecule has 0 unspecified atom stereocenters. The zero-order valence-electron chi connectivity index (χ0n) is 11.4. The number of aromatic nitrogens is 2. The highest BCUT2D eigenvalue weighted by atomic mass is 16.2. The van der Waals surface area contributed by atoms with E-state index < -0.39 is 0 Å². The fourth-order valence-electron chi connectivity index (χ4n) is 3.11. The van der Waals surface area contributed by atoms with Gasteiger partial charge < -0.3 is 5.32 Å². The Morgan fingerprint density at radius 3 is 2.60 bits per heavy atom. The number of aromatic amines is 1. The van der Waals surface area contributed by atoms with Crippen molar-refractivity contribution in [1.29, 1.82) is 0 Å². The zero-order valence-corrected chi connectivity index (χ0v) is 11.4. The molecule has 0 radical (unpaired) electrons. The van der Waals surface area contributed by atoms with Crippen LogP contribution in [-0.4, -0.2) is 16.1 Å². The topological polar surface area (TPSA) is 57.8 Å². The summed E-state index contributed by atoms with van der Waals surface area (Å²) in [6.07, 6.45) is 5.81. The molecule has 1 amide bonds. The average molecular weight is 269 g/mol. The molecule has 1 saturated carbocycles. The summed E-state index contributed by atoms with van der Waals surface area (Å²) >= 11 is 0. The van der Waals surface area contributed by atoms with Crippen LogP contribution in [0.1, 0.15) is 36.9 Å². The Balaban J connectivity index is 1.78. The number of rotatable bonds is 4. The number of carbonyl (C=O) groups is 1. The van der Waals surface area contributed by atoms with Gasteiger partial charge in [-0.15, -0.1) is 0 Å². The molecular weight excluding hydrogens is 250 g/mol. The Morgan fingerprint density at radius 1 is 1.20 bits per heavy atom. The summed E-state index contributed by atoms with van der Waals surface area (Å²) in [5.74, 6) is 0.135. The largest absolute Gasteiger partial charge is 0.350 e. The molecule has 2 aromatic rings. The fourth-order valence-corrected chi connectivity index (χ4v) is 3.11. The molecule has 1 aliphatic rings. The number of nitrogens with zero attached hydrogens (tertiary/aromatic N) is 1. The molecule has 104 valence electrons. The van der Waals surface area contributed by atoms with Gasteiger partial charge in [0.15, 0.2) is 0 Å². The molecule has 0 spiro atoms. The molecule has 20 heavy (non-hydrogen) atoms. The Hall–Kier alpha value is -2.10. The normalized spacial score (nSPS) is 17.0.